The molecule has 2 N–H and O–H groups in total. The van der Waals surface area contributed by atoms with E-state index in [9.17, 15) is 5.11 Å². The number of piperidine rings is 1. The second kappa shape index (κ2) is 10.5. The maximum atomic E-state index is 9.85. The number of anilines is 2. The van der Waals surface area contributed by atoms with Gasteiger partial charge in [-0.05, 0) is 97.2 Å². The summed E-state index contributed by atoms with van der Waals surface area (Å²) in [6, 6.07) is 23.2. The highest BCUT2D eigenvalue weighted by Crippen LogP contribution is 2.44. The van der Waals surface area contributed by atoms with Crippen molar-refractivity contribution in [3.05, 3.63) is 102 Å². The summed E-state index contributed by atoms with van der Waals surface area (Å²) in [6.07, 6.45) is 5.09. The van der Waals surface area contributed by atoms with Crippen molar-refractivity contribution >= 4 is 40.3 Å². The number of pyridine rings is 1. The molecular weight excluding hydrogens is 526 g/mol. The first kappa shape index (κ1) is 25.7. The smallest absolute Gasteiger partial charge is 0.174 e. The number of rotatable bonds is 5. The van der Waals surface area contributed by atoms with Gasteiger partial charge in [-0.3, -0.25) is 4.98 Å². The van der Waals surface area contributed by atoms with Crippen molar-refractivity contribution in [3.63, 3.8) is 0 Å². The first-order valence-electron chi connectivity index (χ1n) is 13.4. The van der Waals surface area contributed by atoms with Gasteiger partial charge in [-0.15, -0.1) is 0 Å². The first-order chi connectivity index (χ1) is 18.9. The molecule has 0 saturated carbocycles. The van der Waals surface area contributed by atoms with Crippen molar-refractivity contribution in [1.29, 1.82) is 0 Å². The predicted molar refractivity (Wildman–Crippen MR) is 162 cm³/mol. The summed E-state index contributed by atoms with van der Waals surface area (Å²) in [5.41, 5.74) is 4.91. The number of phenolic OH excluding ortho intramolecular Hbond substituents is 1. The first-order valence-corrected chi connectivity index (χ1v) is 14.2. The molecule has 4 aromatic rings. The molecule has 0 radical (unpaired) electrons. The standard InChI is InChI=1S/C31H32ClN5OS/c1-20-16-21(2)19-35(18-20)27-13-10-23(17-25(27)32)37-30(29(34-31(37)39)26-6-3-4-14-33-26)28-7-5-15-36(28)22-8-11-24(38)12-9-22/h3-15,17,20-21,29-30,38H,16,18-19H2,1-2H3,(H,34,39). The van der Waals surface area contributed by atoms with Gasteiger partial charge in [-0.1, -0.05) is 31.5 Å². The van der Waals surface area contributed by atoms with Crippen molar-refractivity contribution in [1.82, 2.24) is 14.9 Å². The lowest BCUT2D eigenvalue weighted by Crippen LogP contribution is -2.38. The second-order valence-corrected chi connectivity index (χ2v) is 11.6. The van der Waals surface area contributed by atoms with Gasteiger partial charge < -0.3 is 24.8 Å². The lowest BCUT2D eigenvalue weighted by Gasteiger charge is -2.37. The average molecular weight is 558 g/mol. The Morgan fingerprint density at radius 3 is 2.38 bits per heavy atom. The maximum absolute atomic E-state index is 9.85. The van der Waals surface area contributed by atoms with Gasteiger partial charge in [-0.2, -0.15) is 0 Å². The molecule has 6 rings (SSSR count). The topological polar surface area (TPSA) is 56.6 Å². The molecule has 6 nitrogen and oxygen atoms in total. The zero-order valence-electron chi connectivity index (χ0n) is 22.0. The second-order valence-electron chi connectivity index (χ2n) is 10.8. The summed E-state index contributed by atoms with van der Waals surface area (Å²) < 4.78 is 2.13. The fourth-order valence-electron chi connectivity index (χ4n) is 6.18. The third-order valence-electron chi connectivity index (χ3n) is 7.73. The molecule has 8 heteroatoms. The van der Waals surface area contributed by atoms with Crippen LogP contribution in [0, 0.1) is 11.8 Å². The Balaban J connectivity index is 1.42. The quantitative estimate of drug-likeness (QED) is 0.261. The number of hydrogen-bond acceptors (Lipinski definition) is 4. The Morgan fingerprint density at radius 1 is 0.949 bits per heavy atom. The third kappa shape index (κ3) is 4.97. The molecule has 2 aliphatic rings. The fraction of sp³-hybridized carbons (Fsp3) is 0.290. The van der Waals surface area contributed by atoms with Crippen molar-refractivity contribution in [2.24, 2.45) is 11.8 Å². The van der Waals surface area contributed by atoms with Crippen molar-refractivity contribution in [2.75, 3.05) is 22.9 Å². The Kier molecular flexibility index (Phi) is 6.95. The number of thiocarbonyl (C=S) groups is 1. The van der Waals surface area contributed by atoms with Gasteiger partial charge in [0.2, 0.25) is 0 Å². The van der Waals surface area contributed by atoms with Crippen LogP contribution in [-0.2, 0) is 0 Å². The van der Waals surface area contributed by atoms with Crippen molar-refractivity contribution < 1.29 is 5.11 Å². The highest BCUT2D eigenvalue weighted by Gasteiger charge is 2.42. The van der Waals surface area contributed by atoms with E-state index in [0.29, 0.717) is 16.9 Å². The average Bonchev–Trinajstić information content (AvgIpc) is 3.53. The Hall–Kier alpha value is -3.55. The Morgan fingerprint density at radius 2 is 1.69 bits per heavy atom. The molecule has 0 aliphatic carbocycles. The maximum Gasteiger partial charge on any atom is 0.174 e. The molecule has 2 aliphatic heterocycles. The molecule has 4 unspecified atom stereocenters. The molecule has 39 heavy (non-hydrogen) atoms. The summed E-state index contributed by atoms with van der Waals surface area (Å²) >= 11 is 12.9. The van der Waals surface area contributed by atoms with Crippen LogP contribution in [0.1, 0.15) is 43.7 Å². The molecule has 4 heterocycles. The van der Waals surface area contributed by atoms with Gasteiger partial charge in [0.05, 0.1) is 22.4 Å². The van der Waals surface area contributed by atoms with Crippen LogP contribution >= 0.6 is 23.8 Å². The van der Waals surface area contributed by atoms with Gasteiger partial charge in [-0.25, -0.2) is 0 Å². The van der Waals surface area contributed by atoms with E-state index in [4.69, 9.17) is 23.8 Å². The highest BCUT2D eigenvalue weighted by molar-refractivity contribution is 7.80. The van der Waals surface area contributed by atoms with E-state index < -0.39 is 0 Å². The van der Waals surface area contributed by atoms with Gasteiger partial charge in [0.15, 0.2) is 5.11 Å². The van der Waals surface area contributed by atoms with Crippen LogP contribution in [-0.4, -0.2) is 32.9 Å². The largest absolute Gasteiger partial charge is 0.508 e. The number of nitrogens with zero attached hydrogens (tertiary/aromatic N) is 4. The zero-order valence-corrected chi connectivity index (χ0v) is 23.6. The van der Waals surface area contributed by atoms with Crippen molar-refractivity contribution in [2.45, 2.75) is 32.4 Å². The Labute approximate surface area is 239 Å². The summed E-state index contributed by atoms with van der Waals surface area (Å²) in [6.45, 7) is 6.64. The molecule has 0 bridgehead atoms. The van der Waals surface area contributed by atoms with Crippen LogP contribution in [0.15, 0.2) is 85.2 Å². The number of benzene rings is 2. The highest BCUT2D eigenvalue weighted by atomic mass is 35.5. The molecule has 2 aromatic heterocycles. The summed E-state index contributed by atoms with van der Waals surface area (Å²) in [7, 11) is 0. The normalized spacial score (nSPS) is 23.2. The molecule has 200 valence electrons. The molecule has 2 fully saturated rings. The number of halogens is 1. The van der Waals surface area contributed by atoms with Gasteiger partial charge in [0.1, 0.15) is 11.8 Å². The predicted octanol–water partition coefficient (Wildman–Crippen LogP) is 6.89. The van der Waals surface area contributed by atoms with Crippen LogP contribution < -0.4 is 15.1 Å². The number of hydrogen-bond donors (Lipinski definition) is 2. The third-order valence-corrected chi connectivity index (χ3v) is 8.35. The van der Waals surface area contributed by atoms with Gasteiger partial charge in [0, 0.05) is 42.6 Å². The lowest BCUT2D eigenvalue weighted by molar-refractivity contribution is 0.357. The van der Waals surface area contributed by atoms with Gasteiger partial charge in [0.25, 0.3) is 0 Å². The van der Waals surface area contributed by atoms with E-state index in [1.807, 2.05) is 54.9 Å². The number of aromatic hydroxyl groups is 1. The van der Waals surface area contributed by atoms with E-state index in [2.05, 4.69) is 56.7 Å². The molecule has 2 saturated heterocycles. The van der Waals surface area contributed by atoms with Crippen LogP contribution in [0.25, 0.3) is 5.69 Å². The van der Waals surface area contributed by atoms with Crippen LogP contribution in [0.3, 0.4) is 0 Å². The summed E-state index contributed by atoms with van der Waals surface area (Å²) in [5, 5.41) is 14.7. The lowest BCUT2D eigenvalue weighted by atomic mass is 9.91. The molecule has 0 spiro atoms. The van der Waals surface area contributed by atoms with E-state index in [-0.39, 0.29) is 17.8 Å². The zero-order chi connectivity index (χ0) is 27.1. The molecule has 2 aromatic carbocycles. The molecule has 0 amide bonds. The van der Waals surface area contributed by atoms with Crippen LogP contribution in [0.5, 0.6) is 5.75 Å². The Bertz CT molecular complexity index is 1460. The minimum absolute atomic E-state index is 0.174. The van der Waals surface area contributed by atoms with Crippen LogP contribution in [0.2, 0.25) is 5.02 Å². The SMILES string of the molecule is CC1CC(C)CN(c2ccc(N3C(=S)NC(c4ccccn4)C3c3cccn3-c3ccc(O)cc3)cc2Cl)C1. The number of nitrogens with one attached hydrogen (secondary N) is 1. The van der Waals surface area contributed by atoms with E-state index >= 15 is 0 Å². The van der Waals surface area contributed by atoms with E-state index in [1.165, 1.54) is 6.42 Å². The number of phenols is 1. The fourth-order valence-corrected chi connectivity index (χ4v) is 6.82. The summed E-state index contributed by atoms with van der Waals surface area (Å²) in [4.78, 5) is 9.24. The van der Waals surface area contributed by atoms with Gasteiger partial charge >= 0.3 is 0 Å². The minimum atomic E-state index is -0.187. The minimum Gasteiger partial charge on any atom is -0.508 e. The van der Waals surface area contributed by atoms with E-state index in [1.54, 1.807) is 12.1 Å². The van der Waals surface area contributed by atoms with Crippen LogP contribution in [0.4, 0.5) is 11.4 Å². The van der Waals surface area contributed by atoms with Crippen molar-refractivity contribution in [3.8, 4) is 11.4 Å². The molecule has 4 atom stereocenters. The summed E-state index contributed by atoms with van der Waals surface area (Å²) in [5.74, 6) is 1.50. The molecular formula is C31H32ClN5OS. The number of aromatic nitrogens is 2. The van der Waals surface area contributed by atoms with E-state index in [0.717, 1.165) is 46.6 Å². The monoisotopic (exact) mass is 557 g/mol.